The van der Waals surface area contributed by atoms with Crippen molar-refractivity contribution in [2.45, 2.75) is 6.36 Å². The first-order valence-corrected chi connectivity index (χ1v) is 4.82. The standard InChI is InChI=1S/C6H2BrF3INO/c7-3-1-5(12-2-4(3)11)13-6(8,9)10/h1-2H. The number of rotatable bonds is 1. The molecule has 1 aromatic rings. The van der Waals surface area contributed by atoms with Gasteiger partial charge in [-0.05, 0) is 38.5 Å². The predicted molar refractivity (Wildman–Crippen MR) is 51.3 cm³/mol. The van der Waals surface area contributed by atoms with Crippen molar-refractivity contribution >= 4 is 38.5 Å². The molecule has 0 spiro atoms. The number of pyridine rings is 1. The van der Waals surface area contributed by atoms with Gasteiger partial charge in [0.25, 0.3) is 0 Å². The Hall–Kier alpha value is -0.0500. The van der Waals surface area contributed by atoms with Gasteiger partial charge in [0.15, 0.2) is 0 Å². The molecule has 0 aliphatic rings. The molecule has 0 aliphatic carbocycles. The van der Waals surface area contributed by atoms with Crippen LogP contribution in [-0.2, 0) is 0 Å². The SMILES string of the molecule is FC(F)(F)Oc1cc(Br)c(I)cn1. The zero-order valence-corrected chi connectivity index (χ0v) is 9.64. The number of ether oxygens (including phenoxy) is 1. The molecule has 2 nitrogen and oxygen atoms in total. The molecule has 0 unspecified atom stereocenters. The van der Waals surface area contributed by atoms with Crippen LogP contribution in [0.5, 0.6) is 5.88 Å². The minimum Gasteiger partial charge on any atom is -0.388 e. The summed E-state index contributed by atoms with van der Waals surface area (Å²) in [6, 6.07) is 1.16. The Morgan fingerprint density at radius 1 is 1.46 bits per heavy atom. The van der Waals surface area contributed by atoms with Gasteiger partial charge in [0, 0.05) is 20.3 Å². The summed E-state index contributed by atoms with van der Waals surface area (Å²) in [6.45, 7) is 0. The van der Waals surface area contributed by atoms with Gasteiger partial charge in [-0.3, -0.25) is 0 Å². The van der Waals surface area contributed by atoms with E-state index in [4.69, 9.17) is 0 Å². The number of hydrogen-bond acceptors (Lipinski definition) is 2. The fourth-order valence-electron chi connectivity index (χ4n) is 0.571. The van der Waals surface area contributed by atoms with E-state index in [9.17, 15) is 13.2 Å². The number of hydrogen-bond donors (Lipinski definition) is 0. The smallest absolute Gasteiger partial charge is 0.388 e. The van der Waals surface area contributed by atoms with Crippen LogP contribution in [0.4, 0.5) is 13.2 Å². The summed E-state index contributed by atoms with van der Waals surface area (Å²) in [5.74, 6) is -0.472. The Bertz CT molecular complexity index is 317. The van der Waals surface area contributed by atoms with Crippen LogP contribution < -0.4 is 4.74 Å². The molecule has 0 amide bonds. The van der Waals surface area contributed by atoms with Crippen molar-refractivity contribution in [3.05, 3.63) is 20.3 Å². The topological polar surface area (TPSA) is 22.1 Å². The van der Waals surface area contributed by atoms with Gasteiger partial charge in [-0.25, -0.2) is 4.98 Å². The highest BCUT2D eigenvalue weighted by Gasteiger charge is 2.31. The van der Waals surface area contributed by atoms with Crippen molar-refractivity contribution in [2.24, 2.45) is 0 Å². The van der Waals surface area contributed by atoms with Crippen molar-refractivity contribution in [1.29, 1.82) is 0 Å². The van der Waals surface area contributed by atoms with Crippen LogP contribution in [0.25, 0.3) is 0 Å². The van der Waals surface area contributed by atoms with Crippen molar-refractivity contribution in [3.8, 4) is 5.88 Å². The summed E-state index contributed by atoms with van der Waals surface area (Å²) in [4.78, 5) is 3.44. The normalized spacial score (nSPS) is 11.5. The monoisotopic (exact) mass is 367 g/mol. The van der Waals surface area contributed by atoms with Gasteiger partial charge >= 0.3 is 6.36 Å². The third-order valence-electron chi connectivity index (χ3n) is 1.00. The highest BCUT2D eigenvalue weighted by Crippen LogP contribution is 2.25. The molecule has 0 radical (unpaired) electrons. The highest BCUT2D eigenvalue weighted by molar-refractivity contribution is 14.1. The third kappa shape index (κ3) is 3.67. The summed E-state index contributed by atoms with van der Waals surface area (Å²) >= 11 is 4.99. The van der Waals surface area contributed by atoms with E-state index in [1.807, 2.05) is 22.6 Å². The third-order valence-corrected chi connectivity index (χ3v) is 3.26. The second-order valence-electron chi connectivity index (χ2n) is 1.98. The number of nitrogens with zero attached hydrogens (tertiary/aromatic N) is 1. The molecule has 0 atom stereocenters. The van der Waals surface area contributed by atoms with Crippen molar-refractivity contribution in [2.75, 3.05) is 0 Å². The van der Waals surface area contributed by atoms with E-state index in [1.54, 1.807) is 0 Å². The second kappa shape index (κ2) is 3.99. The van der Waals surface area contributed by atoms with E-state index in [1.165, 1.54) is 6.20 Å². The quantitative estimate of drug-likeness (QED) is 0.710. The second-order valence-corrected chi connectivity index (χ2v) is 4.00. The van der Waals surface area contributed by atoms with E-state index in [0.717, 1.165) is 6.07 Å². The zero-order chi connectivity index (χ0) is 10.1. The van der Waals surface area contributed by atoms with E-state index in [0.29, 0.717) is 8.04 Å². The Kier molecular flexibility index (Phi) is 3.38. The minimum absolute atomic E-state index is 0.472. The first-order valence-electron chi connectivity index (χ1n) is 2.95. The van der Waals surface area contributed by atoms with Crippen LogP contribution in [0.2, 0.25) is 0 Å². The Balaban J connectivity index is 2.86. The molecule has 1 aromatic heterocycles. The number of halogens is 5. The lowest BCUT2D eigenvalue weighted by Gasteiger charge is -2.07. The molecule has 0 saturated heterocycles. The lowest BCUT2D eigenvalue weighted by atomic mass is 10.5. The van der Waals surface area contributed by atoms with Gasteiger partial charge in [0.05, 0.1) is 0 Å². The maximum Gasteiger partial charge on any atom is 0.574 e. The molecule has 1 rings (SSSR count). The van der Waals surface area contributed by atoms with E-state index in [-0.39, 0.29) is 0 Å². The lowest BCUT2D eigenvalue weighted by molar-refractivity contribution is -0.276. The molecule has 0 bridgehead atoms. The van der Waals surface area contributed by atoms with E-state index < -0.39 is 12.2 Å². The Labute approximate surface area is 93.8 Å². The fraction of sp³-hybridized carbons (Fsp3) is 0.167. The zero-order valence-electron chi connectivity index (χ0n) is 5.90. The van der Waals surface area contributed by atoms with Gasteiger partial charge in [0.1, 0.15) is 0 Å². The molecule has 7 heteroatoms. The maximum absolute atomic E-state index is 11.7. The van der Waals surface area contributed by atoms with Crippen LogP contribution in [0.1, 0.15) is 0 Å². The van der Waals surface area contributed by atoms with Crippen molar-refractivity contribution < 1.29 is 17.9 Å². The van der Waals surface area contributed by atoms with Crippen LogP contribution in [0.3, 0.4) is 0 Å². The average Bonchev–Trinajstić information content (AvgIpc) is 1.94. The van der Waals surface area contributed by atoms with Crippen LogP contribution in [0.15, 0.2) is 16.7 Å². The number of aromatic nitrogens is 1. The van der Waals surface area contributed by atoms with Crippen molar-refractivity contribution in [3.63, 3.8) is 0 Å². The summed E-state index contributed by atoms with van der Waals surface area (Å²) in [5.41, 5.74) is 0. The molecular formula is C6H2BrF3INO. The molecule has 13 heavy (non-hydrogen) atoms. The van der Waals surface area contributed by atoms with E-state index >= 15 is 0 Å². The fourth-order valence-corrected chi connectivity index (χ4v) is 1.16. The van der Waals surface area contributed by atoms with Gasteiger partial charge in [-0.2, -0.15) is 0 Å². The molecule has 0 fully saturated rings. The first-order chi connectivity index (χ1) is 5.88. The van der Waals surface area contributed by atoms with Gasteiger partial charge < -0.3 is 4.74 Å². The maximum atomic E-state index is 11.7. The molecule has 72 valence electrons. The van der Waals surface area contributed by atoms with Crippen molar-refractivity contribution in [1.82, 2.24) is 4.98 Å². The molecular weight excluding hydrogens is 366 g/mol. The summed E-state index contributed by atoms with van der Waals surface area (Å²) in [6.07, 6.45) is -3.41. The number of alkyl halides is 3. The van der Waals surface area contributed by atoms with E-state index in [2.05, 4.69) is 25.7 Å². The van der Waals surface area contributed by atoms with Gasteiger partial charge in [-0.1, -0.05) is 0 Å². The van der Waals surface area contributed by atoms with Crippen LogP contribution in [-0.4, -0.2) is 11.3 Å². The molecule has 0 N–H and O–H groups in total. The first kappa shape index (κ1) is 11.0. The van der Waals surface area contributed by atoms with Gasteiger partial charge in [-0.15, -0.1) is 13.2 Å². The van der Waals surface area contributed by atoms with Gasteiger partial charge in [0.2, 0.25) is 5.88 Å². The largest absolute Gasteiger partial charge is 0.574 e. The molecule has 0 saturated carbocycles. The molecule has 1 heterocycles. The highest BCUT2D eigenvalue weighted by atomic mass is 127. The average molecular weight is 368 g/mol. The predicted octanol–water partition coefficient (Wildman–Crippen LogP) is 3.35. The summed E-state index contributed by atoms with van der Waals surface area (Å²) < 4.78 is 39.9. The van der Waals surface area contributed by atoms with Crippen LogP contribution in [0, 0.1) is 3.57 Å². The minimum atomic E-state index is -4.70. The summed E-state index contributed by atoms with van der Waals surface area (Å²) in [5, 5.41) is 0. The molecule has 0 aliphatic heterocycles. The summed E-state index contributed by atoms with van der Waals surface area (Å²) in [7, 11) is 0. The van der Waals surface area contributed by atoms with Crippen LogP contribution >= 0.6 is 38.5 Å². The molecule has 0 aromatic carbocycles. The Morgan fingerprint density at radius 3 is 2.54 bits per heavy atom. The Morgan fingerprint density at radius 2 is 2.08 bits per heavy atom. The lowest BCUT2D eigenvalue weighted by Crippen LogP contribution is -2.17.